The third kappa shape index (κ3) is 5.21. The summed E-state index contributed by atoms with van der Waals surface area (Å²) in [6, 6.07) is 6.83. The van der Waals surface area contributed by atoms with Gasteiger partial charge in [-0.1, -0.05) is 36.9 Å². The molecule has 1 aromatic carbocycles. The number of hydrogen-bond donors (Lipinski definition) is 1. The first-order valence-corrected chi connectivity index (χ1v) is 7.01. The van der Waals surface area contributed by atoms with Crippen molar-refractivity contribution in [3.8, 4) is 0 Å². The van der Waals surface area contributed by atoms with Crippen LogP contribution in [-0.2, 0) is 9.53 Å². The van der Waals surface area contributed by atoms with Crippen molar-refractivity contribution in [1.29, 1.82) is 0 Å². The molecule has 20 heavy (non-hydrogen) atoms. The minimum absolute atomic E-state index is 0.371. The van der Waals surface area contributed by atoms with E-state index in [9.17, 15) is 13.6 Å². The number of rotatable bonds is 7. The number of halogens is 2. The van der Waals surface area contributed by atoms with E-state index in [0.717, 1.165) is 0 Å². The van der Waals surface area contributed by atoms with E-state index in [-0.39, 0.29) is 5.97 Å². The number of carbonyl (C=O) groups excluding carboxylic acids is 1. The zero-order valence-electron chi connectivity index (χ0n) is 11.4. The standard InChI is InChI=1S/C14H17F2NO2S/c1-3-10(13(18)19-2)8-9-17-11-6-4-5-7-12(11)20-14(15)16/h4-8,14,17H,3,9H2,1-2H3/b10-8-. The molecule has 1 N–H and O–H groups in total. The molecule has 0 bridgehead atoms. The first kappa shape index (κ1) is 16.5. The molecule has 0 amide bonds. The number of para-hydroxylation sites is 1. The Morgan fingerprint density at radius 2 is 2.15 bits per heavy atom. The number of nitrogens with one attached hydrogen (secondary N) is 1. The van der Waals surface area contributed by atoms with Crippen molar-refractivity contribution in [1.82, 2.24) is 0 Å². The first-order valence-electron chi connectivity index (χ1n) is 6.13. The smallest absolute Gasteiger partial charge is 0.333 e. The summed E-state index contributed by atoms with van der Waals surface area (Å²) in [6.07, 6.45) is 2.26. The van der Waals surface area contributed by atoms with Crippen LogP contribution in [0.2, 0.25) is 0 Å². The van der Waals surface area contributed by atoms with Gasteiger partial charge in [0.1, 0.15) is 0 Å². The molecule has 6 heteroatoms. The molecule has 110 valence electrons. The maximum absolute atomic E-state index is 12.4. The van der Waals surface area contributed by atoms with Gasteiger partial charge in [-0.25, -0.2) is 4.79 Å². The van der Waals surface area contributed by atoms with Gasteiger partial charge in [-0.15, -0.1) is 0 Å². The molecule has 1 aromatic rings. The van der Waals surface area contributed by atoms with E-state index in [4.69, 9.17) is 0 Å². The summed E-state index contributed by atoms with van der Waals surface area (Å²) in [6.45, 7) is 2.22. The minimum atomic E-state index is -2.46. The zero-order valence-corrected chi connectivity index (χ0v) is 12.2. The number of carbonyl (C=O) groups is 1. The molecule has 0 unspecified atom stereocenters. The van der Waals surface area contributed by atoms with Crippen molar-refractivity contribution in [3.05, 3.63) is 35.9 Å². The average molecular weight is 301 g/mol. The van der Waals surface area contributed by atoms with Crippen LogP contribution in [-0.4, -0.2) is 25.4 Å². The van der Waals surface area contributed by atoms with Crippen LogP contribution in [0, 0.1) is 0 Å². The Bertz CT molecular complexity index is 478. The summed E-state index contributed by atoms with van der Waals surface area (Å²) in [7, 11) is 1.33. The second-order valence-corrected chi connectivity index (χ2v) is 4.86. The summed E-state index contributed by atoms with van der Waals surface area (Å²) in [5.41, 5.74) is 1.17. The van der Waals surface area contributed by atoms with Crippen molar-refractivity contribution in [2.75, 3.05) is 19.0 Å². The maximum Gasteiger partial charge on any atom is 0.333 e. The predicted octanol–water partition coefficient (Wildman–Crippen LogP) is 3.92. The fraction of sp³-hybridized carbons (Fsp3) is 0.357. The van der Waals surface area contributed by atoms with E-state index in [2.05, 4.69) is 10.1 Å². The van der Waals surface area contributed by atoms with Crippen molar-refractivity contribution >= 4 is 23.4 Å². The van der Waals surface area contributed by atoms with Gasteiger partial charge in [-0.2, -0.15) is 8.78 Å². The highest BCUT2D eigenvalue weighted by molar-refractivity contribution is 7.99. The summed E-state index contributed by atoms with van der Waals surface area (Å²) < 4.78 is 29.5. The molecule has 0 atom stereocenters. The van der Waals surface area contributed by atoms with Crippen molar-refractivity contribution in [2.24, 2.45) is 0 Å². The van der Waals surface area contributed by atoms with Crippen LogP contribution >= 0.6 is 11.8 Å². The van der Waals surface area contributed by atoms with Crippen molar-refractivity contribution < 1.29 is 18.3 Å². The molecule has 0 aromatic heterocycles. The Hall–Kier alpha value is -1.56. The first-order chi connectivity index (χ1) is 9.58. The molecule has 3 nitrogen and oxygen atoms in total. The SMILES string of the molecule is CC/C(=C/CNc1ccccc1SC(F)F)C(=O)OC. The van der Waals surface area contributed by atoms with Gasteiger partial charge >= 0.3 is 5.97 Å². The van der Waals surface area contributed by atoms with Crippen LogP contribution in [0.3, 0.4) is 0 Å². The monoisotopic (exact) mass is 301 g/mol. The molecular formula is C14H17F2NO2S. The highest BCUT2D eigenvalue weighted by Gasteiger charge is 2.09. The summed E-state index contributed by atoms with van der Waals surface area (Å²) in [4.78, 5) is 11.9. The number of ether oxygens (including phenoxy) is 1. The largest absolute Gasteiger partial charge is 0.466 e. The molecule has 0 aliphatic rings. The van der Waals surface area contributed by atoms with Crippen LogP contribution in [0.25, 0.3) is 0 Å². The Morgan fingerprint density at radius 3 is 2.75 bits per heavy atom. The number of thioether (sulfide) groups is 1. The topological polar surface area (TPSA) is 38.3 Å². The number of esters is 1. The molecule has 0 heterocycles. The van der Waals surface area contributed by atoms with Gasteiger partial charge in [0.2, 0.25) is 0 Å². The number of benzene rings is 1. The molecule has 0 aliphatic carbocycles. The molecule has 0 saturated heterocycles. The number of anilines is 1. The van der Waals surface area contributed by atoms with Crippen LogP contribution in [0.1, 0.15) is 13.3 Å². The Morgan fingerprint density at radius 1 is 1.45 bits per heavy atom. The van der Waals surface area contributed by atoms with E-state index in [0.29, 0.717) is 40.9 Å². The van der Waals surface area contributed by atoms with Crippen LogP contribution < -0.4 is 5.32 Å². The van der Waals surface area contributed by atoms with Crippen molar-refractivity contribution in [3.63, 3.8) is 0 Å². The lowest BCUT2D eigenvalue weighted by atomic mass is 10.2. The normalized spacial score (nSPS) is 11.6. The molecule has 1 rings (SSSR count). The van der Waals surface area contributed by atoms with E-state index < -0.39 is 5.76 Å². The van der Waals surface area contributed by atoms with Crippen molar-refractivity contribution in [2.45, 2.75) is 24.0 Å². The highest BCUT2D eigenvalue weighted by atomic mass is 32.2. The van der Waals surface area contributed by atoms with E-state index in [1.807, 2.05) is 6.92 Å². The molecular weight excluding hydrogens is 284 g/mol. The number of methoxy groups -OCH3 is 1. The van der Waals surface area contributed by atoms with Crippen LogP contribution in [0.4, 0.5) is 14.5 Å². The van der Waals surface area contributed by atoms with Gasteiger partial charge in [0.05, 0.1) is 7.11 Å². The number of alkyl halides is 2. The van der Waals surface area contributed by atoms with Gasteiger partial charge in [0, 0.05) is 22.7 Å². The third-order valence-electron chi connectivity index (χ3n) is 2.57. The Kier molecular flexibility index (Phi) is 7.08. The van der Waals surface area contributed by atoms with Gasteiger partial charge in [-0.3, -0.25) is 0 Å². The highest BCUT2D eigenvalue weighted by Crippen LogP contribution is 2.31. The molecule has 0 radical (unpaired) electrons. The lowest BCUT2D eigenvalue weighted by Crippen LogP contribution is -2.07. The molecule has 0 spiro atoms. The van der Waals surface area contributed by atoms with Crippen LogP contribution in [0.15, 0.2) is 40.8 Å². The Labute approximate surface area is 121 Å². The molecule has 0 saturated carbocycles. The fourth-order valence-electron chi connectivity index (χ4n) is 1.60. The predicted molar refractivity (Wildman–Crippen MR) is 77.2 cm³/mol. The van der Waals surface area contributed by atoms with Gasteiger partial charge in [0.25, 0.3) is 5.76 Å². The quantitative estimate of drug-likeness (QED) is 0.470. The molecule has 0 fully saturated rings. The van der Waals surface area contributed by atoms with Gasteiger partial charge in [-0.05, 0) is 18.6 Å². The average Bonchev–Trinajstić information content (AvgIpc) is 2.44. The van der Waals surface area contributed by atoms with Crippen LogP contribution in [0.5, 0.6) is 0 Å². The van der Waals surface area contributed by atoms with E-state index in [1.54, 1.807) is 30.3 Å². The third-order valence-corrected chi connectivity index (χ3v) is 3.36. The Balaban J connectivity index is 2.70. The second kappa shape index (κ2) is 8.58. The minimum Gasteiger partial charge on any atom is -0.466 e. The lowest BCUT2D eigenvalue weighted by molar-refractivity contribution is -0.136. The van der Waals surface area contributed by atoms with E-state index >= 15 is 0 Å². The maximum atomic E-state index is 12.4. The lowest BCUT2D eigenvalue weighted by Gasteiger charge is -2.10. The number of hydrogen-bond acceptors (Lipinski definition) is 4. The van der Waals surface area contributed by atoms with E-state index in [1.165, 1.54) is 7.11 Å². The summed E-state index contributed by atoms with van der Waals surface area (Å²) in [5.74, 6) is -2.83. The van der Waals surface area contributed by atoms with Gasteiger partial charge < -0.3 is 10.1 Å². The second-order valence-electron chi connectivity index (χ2n) is 3.83. The van der Waals surface area contributed by atoms with Gasteiger partial charge in [0.15, 0.2) is 0 Å². The summed E-state index contributed by atoms with van der Waals surface area (Å²) >= 11 is 0.492. The zero-order chi connectivity index (χ0) is 15.0. The fourth-order valence-corrected chi connectivity index (χ4v) is 2.21. The summed E-state index contributed by atoms with van der Waals surface area (Å²) in [5, 5.41) is 3.02. The molecule has 0 aliphatic heterocycles.